The predicted molar refractivity (Wildman–Crippen MR) is 73.5 cm³/mol. The van der Waals surface area contributed by atoms with Gasteiger partial charge in [0.15, 0.2) is 0 Å². The van der Waals surface area contributed by atoms with Crippen LogP contribution in [-0.4, -0.2) is 25.0 Å². The molecule has 104 valence electrons. The van der Waals surface area contributed by atoms with E-state index in [9.17, 15) is 9.18 Å². The molecule has 1 aromatic rings. The smallest absolute Gasteiger partial charge is 0.220 e. The molecule has 1 aliphatic heterocycles. The van der Waals surface area contributed by atoms with E-state index in [1.54, 1.807) is 12.1 Å². The van der Waals surface area contributed by atoms with Gasteiger partial charge in [-0.2, -0.15) is 0 Å². The Labute approximate surface area is 113 Å². The highest BCUT2D eigenvalue weighted by atomic mass is 19.1. The van der Waals surface area contributed by atoms with Crippen molar-refractivity contribution < 1.29 is 9.18 Å². The summed E-state index contributed by atoms with van der Waals surface area (Å²) in [6.45, 7) is 3.89. The van der Waals surface area contributed by atoms with Crippen LogP contribution in [-0.2, 0) is 4.79 Å². The second-order valence-corrected chi connectivity index (χ2v) is 5.27. The topological polar surface area (TPSA) is 41.1 Å². The number of carbonyl (C=O) groups is 1. The number of benzene rings is 1. The zero-order valence-corrected chi connectivity index (χ0v) is 11.3. The first-order valence-electron chi connectivity index (χ1n) is 6.90. The highest BCUT2D eigenvalue weighted by Gasteiger charge is 2.17. The van der Waals surface area contributed by atoms with E-state index < -0.39 is 0 Å². The minimum Gasteiger partial charge on any atom is -0.352 e. The quantitative estimate of drug-likeness (QED) is 0.875. The Hall–Kier alpha value is -1.42. The van der Waals surface area contributed by atoms with Crippen LogP contribution in [0.4, 0.5) is 4.39 Å². The van der Waals surface area contributed by atoms with Crippen molar-refractivity contribution in [3.8, 4) is 0 Å². The highest BCUT2D eigenvalue weighted by molar-refractivity contribution is 5.77. The van der Waals surface area contributed by atoms with Gasteiger partial charge in [-0.15, -0.1) is 0 Å². The Morgan fingerprint density at radius 3 is 2.84 bits per heavy atom. The van der Waals surface area contributed by atoms with Crippen molar-refractivity contribution in [3.05, 3.63) is 35.6 Å². The number of carbonyl (C=O) groups excluding carboxylic acids is 1. The van der Waals surface area contributed by atoms with Crippen molar-refractivity contribution in [2.45, 2.75) is 38.1 Å². The molecule has 0 aliphatic carbocycles. The molecular weight excluding hydrogens is 243 g/mol. The zero-order chi connectivity index (χ0) is 13.7. The number of nitrogens with one attached hydrogen (secondary N) is 2. The van der Waals surface area contributed by atoms with Crippen LogP contribution < -0.4 is 10.6 Å². The van der Waals surface area contributed by atoms with Gasteiger partial charge in [0.1, 0.15) is 5.82 Å². The van der Waals surface area contributed by atoms with Crippen LogP contribution in [0.5, 0.6) is 0 Å². The standard InChI is InChI=1S/C15H21FN2O/c1-11(12-4-6-13(16)7-5-12)9-15(19)18-14-3-2-8-17-10-14/h4-7,11,14,17H,2-3,8-10H2,1H3,(H,18,19)/t11?,14-/m0/s1. The number of amides is 1. The molecule has 1 aromatic carbocycles. The fourth-order valence-electron chi connectivity index (χ4n) is 2.45. The molecule has 0 bridgehead atoms. The molecule has 0 spiro atoms. The fraction of sp³-hybridized carbons (Fsp3) is 0.533. The number of piperidine rings is 1. The minimum absolute atomic E-state index is 0.0746. The van der Waals surface area contributed by atoms with Crippen molar-refractivity contribution in [2.24, 2.45) is 0 Å². The van der Waals surface area contributed by atoms with Crippen LogP contribution in [0.15, 0.2) is 24.3 Å². The maximum absolute atomic E-state index is 12.8. The van der Waals surface area contributed by atoms with Crippen LogP contribution in [0, 0.1) is 5.82 Å². The number of halogens is 1. The van der Waals surface area contributed by atoms with Gasteiger partial charge in [-0.1, -0.05) is 19.1 Å². The van der Waals surface area contributed by atoms with Crippen molar-refractivity contribution in [1.29, 1.82) is 0 Å². The maximum atomic E-state index is 12.8. The number of hydrogen-bond donors (Lipinski definition) is 2. The lowest BCUT2D eigenvalue weighted by molar-refractivity contribution is -0.122. The van der Waals surface area contributed by atoms with E-state index in [1.807, 2.05) is 6.92 Å². The molecule has 19 heavy (non-hydrogen) atoms. The van der Waals surface area contributed by atoms with E-state index in [0.29, 0.717) is 6.42 Å². The Morgan fingerprint density at radius 1 is 1.47 bits per heavy atom. The van der Waals surface area contributed by atoms with E-state index in [4.69, 9.17) is 0 Å². The van der Waals surface area contributed by atoms with E-state index in [1.165, 1.54) is 12.1 Å². The van der Waals surface area contributed by atoms with Gasteiger partial charge in [-0.25, -0.2) is 4.39 Å². The lowest BCUT2D eigenvalue weighted by atomic mass is 9.97. The summed E-state index contributed by atoms with van der Waals surface area (Å²) in [5.41, 5.74) is 0.998. The molecule has 1 fully saturated rings. The highest BCUT2D eigenvalue weighted by Crippen LogP contribution is 2.19. The van der Waals surface area contributed by atoms with E-state index in [-0.39, 0.29) is 23.7 Å². The summed E-state index contributed by atoms with van der Waals surface area (Å²) in [5.74, 6) is -0.0589. The van der Waals surface area contributed by atoms with Crippen molar-refractivity contribution >= 4 is 5.91 Å². The second kappa shape index (κ2) is 6.66. The van der Waals surface area contributed by atoms with Crippen molar-refractivity contribution in [1.82, 2.24) is 10.6 Å². The maximum Gasteiger partial charge on any atom is 0.220 e. The Kier molecular flexibility index (Phi) is 4.91. The Bertz CT molecular complexity index is 413. The van der Waals surface area contributed by atoms with Crippen LogP contribution in [0.1, 0.15) is 37.7 Å². The first-order chi connectivity index (χ1) is 9.15. The summed E-state index contributed by atoms with van der Waals surface area (Å²) >= 11 is 0. The van der Waals surface area contributed by atoms with E-state index in [2.05, 4.69) is 10.6 Å². The molecule has 1 amide bonds. The van der Waals surface area contributed by atoms with Crippen LogP contribution in [0.3, 0.4) is 0 Å². The molecule has 3 nitrogen and oxygen atoms in total. The van der Waals surface area contributed by atoms with Crippen molar-refractivity contribution in [2.75, 3.05) is 13.1 Å². The first-order valence-corrected chi connectivity index (χ1v) is 6.90. The molecule has 2 N–H and O–H groups in total. The van der Waals surface area contributed by atoms with Gasteiger partial charge < -0.3 is 10.6 Å². The summed E-state index contributed by atoms with van der Waals surface area (Å²) in [5, 5.41) is 6.33. The van der Waals surface area contributed by atoms with Gasteiger partial charge >= 0.3 is 0 Å². The second-order valence-electron chi connectivity index (χ2n) is 5.27. The Balaban J connectivity index is 1.82. The molecule has 1 heterocycles. The summed E-state index contributed by atoms with van der Waals surface area (Å²) in [4.78, 5) is 11.9. The molecule has 1 saturated heterocycles. The molecule has 1 aliphatic rings. The minimum atomic E-state index is -0.242. The molecule has 1 unspecified atom stereocenters. The summed E-state index contributed by atoms with van der Waals surface area (Å²) in [6.07, 6.45) is 2.60. The van der Waals surface area contributed by atoms with Crippen LogP contribution >= 0.6 is 0 Å². The zero-order valence-electron chi connectivity index (χ0n) is 11.3. The molecule has 0 aromatic heterocycles. The van der Waals surface area contributed by atoms with Gasteiger partial charge in [0.25, 0.3) is 0 Å². The Morgan fingerprint density at radius 2 is 2.21 bits per heavy atom. The average Bonchev–Trinajstić information content (AvgIpc) is 2.40. The third-order valence-electron chi connectivity index (χ3n) is 3.59. The SMILES string of the molecule is CC(CC(=O)N[C@H]1CCCNC1)c1ccc(F)cc1. The summed E-state index contributed by atoms with van der Waals surface area (Å²) in [7, 11) is 0. The summed E-state index contributed by atoms with van der Waals surface area (Å²) < 4.78 is 12.8. The lowest BCUT2D eigenvalue weighted by Crippen LogP contribution is -2.45. The third-order valence-corrected chi connectivity index (χ3v) is 3.59. The fourth-order valence-corrected chi connectivity index (χ4v) is 2.45. The monoisotopic (exact) mass is 264 g/mol. The van der Waals surface area contributed by atoms with Crippen molar-refractivity contribution in [3.63, 3.8) is 0 Å². The molecule has 4 heteroatoms. The van der Waals surface area contributed by atoms with E-state index >= 15 is 0 Å². The first kappa shape index (κ1) is 14.0. The van der Waals surface area contributed by atoms with E-state index in [0.717, 1.165) is 31.5 Å². The molecule has 2 atom stereocenters. The predicted octanol–water partition coefficient (Wildman–Crippen LogP) is 2.19. The van der Waals surface area contributed by atoms with Gasteiger partial charge in [0, 0.05) is 19.0 Å². The molecule has 0 radical (unpaired) electrons. The lowest BCUT2D eigenvalue weighted by Gasteiger charge is -2.24. The van der Waals surface area contributed by atoms with Gasteiger partial charge in [0.2, 0.25) is 5.91 Å². The number of hydrogen-bond acceptors (Lipinski definition) is 2. The van der Waals surface area contributed by atoms with Gasteiger partial charge in [0.05, 0.1) is 0 Å². The largest absolute Gasteiger partial charge is 0.352 e. The normalized spacial score (nSPS) is 20.8. The van der Waals surface area contributed by atoms with Crippen LogP contribution in [0.25, 0.3) is 0 Å². The van der Waals surface area contributed by atoms with Gasteiger partial charge in [-0.3, -0.25) is 4.79 Å². The average molecular weight is 264 g/mol. The summed E-state index contributed by atoms with van der Waals surface area (Å²) in [6, 6.07) is 6.62. The van der Waals surface area contributed by atoms with Crippen LogP contribution in [0.2, 0.25) is 0 Å². The van der Waals surface area contributed by atoms with Gasteiger partial charge in [-0.05, 0) is 43.0 Å². The molecular formula is C15H21FN2O. The molecule has 0 saturated carbocycles. The number of rotatable bonds is 4. The third kappa shape index (κ3) is 4.31. The molecule has 2 rings (SSSR count).